The molecule has 0 amide bonds. The van der Waals surface area contributed by atoms with Gasteiger partial charge in [0.25, 0.3) is 0 Å². The van der Waals surface area contributed by atoms with Crippen molar-refractivity contribution in [1.29, 1.82) is 0 Å². The topological polar surface area (TPSA) is 38.0 Å². The van der Waals surface area contributed by atoms with Crippen LogP contribution >= 0.6 is 0 Å². The highest BCUT2D eigenvalue weighted by Gasteiger charge is 2.20. The minimum Gasteiger partial charge on any atom is -0.328 e. The van der Waals surface area contributed by atoms with Gasteiger partial charge in [0.1, 0.15) is 0 Å². The Kier molecular flexibility index (Phi) is 2.69. The Balaban J connectivity index is 2.32. The van der Waals surface area contributed by atoms with Gasteiger partial charge in [0.05, 0.1) is 0 Å². The van der Waals surface area contributed by atoms with Crippen molar-refractivity contribution in [2.75, 3.05) is 6.54 Å². The van der Waals surface area contributed by atoms with E-state index < -0.39 is 0 Å². The van der Waals surface area contributed by atoms with Crippen LogP contribution in [-0.2, 0) is 0 Å². The van der Waals surface area contributed by atoms with Crippen molar-refractivity contribution in [3.8, 4) is 0 Å². The van der Waals surface area contributed by atoms with Crippen LogP contribution in [0.1, 0.15) is 26.7 Å². The largest absolute Gasteiger partial charge is 0.328 e. The van der Waals surface area contributed by atoms with Gasteiger partial charge in [-0.05, 0) is 25.3 Å². The van der Waals surface area contributed by atoms with E-state index in [1.54, 1.807) is 0 Å². The molecule has 1 saturated heterocycles. The Morgan fingerprint density at radius 1 is 1.50 bits per heavy atom. The highest BCUT2D eigenvalue weighted by atomic mass is 14.9. The van der Waals surface area contributed by atoms with Crippen molar-refractivity contribution in [3.63, 3.8) is 0 Å². The normalized spacial score (nSPS) is 34.8. The minimum atomic E-state index is 0.439. The summed E-state index contributed by atoms with van der Waals surface area (Å²) in [5.41, 5.74) is 5.82. The molecule has 0 unspecified atom stereocenters. The van der Waals surface area contributed by atoms with E-state index in [1.807, 2.05) is 0 Å². The van der Waals surface area contributed by atoms with Gasteiger partial charge in [-0.25, -0.2) is 0 Å². The molecular weight excluding hydrogens is 124 g/mol. The molecule has 0 aromatic carbocycles. The molecule has 1 aliphatic heterocycles. The highest BCUT2D eigenvalue weighted by molar-refractivity contribution is 4.81. The van der Waals surface area contributed by atoms with Crippen molar-refractivity contribution in [3.05, 3.63) is 0 Å². The molecule has 10 heavy (non-hydrogen) atoms. The highest BCUT2D eigenvalue weighted by Crippen LogP contribution is 2.13. The van der Waals surface area contributed by atoms with E-state index in [4.69, 9.17) is 5.73 Å². The van der Waals surface area contributed by atoms with Crippen LogP contribution in [0.15, 0.2) is 0 Å². The predicted molar refractivity (Wildman–Crippen MR) is 43.8 cm³/mol. The van der Waals surface area contributed by atoms with Crippen LogP contribution < -0.4 is 11.1 Å². The Labute approximate surface area is 63.2 Å². The molecule has 2 atom stereocenters. The van der Waals surface area contributed by atoms with Crippen molar-refractivity contribution in [2.45, 2.75) is 38.8 Å². The van der Waals surface area contributed by atoms with E-state index in [9.17, 15) is 0 Å². The second kappa shape index (κ2) is 3.35. The molecule has 0 spiro atoms. The van der Waals surface area contributed by atoms with Gasteiger partial charge < -0.3 is 11.1 Å². The fourth-order valence-electron chi connectivity index (χ4n) is 1.49. The van der Waals surface area contributed by atoms with Crippen LogP contribution in [0, 0.1) is 5.92 Å². The number of piperidine rings is 1. The minimum absolute atomic E-state index is 0.439. The van der Waals surface area contributed by atoms with Gasteiger partial charge in [0, 0.05) is 12.1 Å². The number of nitrogens with two attached hydrogens (primary N) is 1. The summed E-state index contributed by atoms with van der Waals surface area (Å²) in [5, 5.41) is 3.47. The lowest BCUT2D eigenvalue weighted by atomic mass is 9.92. The van der Waals surface area contributed by atoms with Gasteiger partial charge in [-0.1, -0.05) is 13.8 Å². The third-order valence-corrected chi connectivity index (χ3v) is 2.28. The Morgan fingerprint density at radius 2 is 2.20 bits per heavy atom. The van der Waals surface area contributed by atoms with Crippen LogP contribution in [0.25, 0.3) is 0 Å². The van der Waals surface area contributed by atoms with Gasteiger partial charge in [-0.3, -0.25) is 0 Å². The summed E-state index contributed by atoms with van der Waals surface area (Å²) in [7, 11) is 0. The van der Waals surface area contributed by atoms with E-state index in [-0.39, 0.29) is 0 Å². The molecule has 2 heteroatoms. The summed E-state index contributed by atoms with van der Waals surface area (Å²) in [4.78, 5) is 0. The summed E-state index contributed by atoms with van der Waals surface area (Å²) < 4.78 is 0. The molecule has 0 saturated carbocycles. The first-order valence-corrected chi connectivity index (χ1v) is 4.19. The quantitative estimate of drug-likeness (QED) is 0.566. The zero-order valence-corrected chi connectivity index (χ0v) is 6.93. The van der Waals surface area contributed by atoms with Crippen LogP contribution in [0.4, 0.5) is 0 Å². The summed E-state index contributed by atoms with van der Waals surface area (Å²) in [5.74, 6) is 0.728. The second-order valence-corrected chi connectivity index (χ2v) is 3.59. The molecule has 1 fully saturated rings. The van der Waals surface area contributed by atoms with E-state index in [1.165, 1.54) is 0 Å². The molecule has 3 N–H and O–H groups in total. The first-order chi connectivity index (χ1) is 4.70. The summed E-state index contributed by atoms with van der Waals surface area (Å²) in [6, 6.07) is 1.09. The molecule has 0 radical (unpaired) electrons. The average molecular weight is 142 g/mol. The van der Waals surface area contributed by atoms with Gasteiger partial charge in [-0.15, -0.1) is 0 Å². The number of hydrogen-bond acceptors (Lipinski definition) is 2. The Morgan fingerprint density at radius 3 is 2.60 bits per heavy atom. The smallest absolute Gasteiger partial charge is 0.0105 e. The van der Waals surface area contributed by atoms with Crippen LogP contribution in [0.2, 0.25) is 0 Å². The fourth-order valence-corrected chi connectivity index (χ4v) is 1.49. The lowest BCUT2D eigenvalue weighted by Crippen LogP contribution is -2.46. The molecule has 0 aliphatic carbocycles. The lowest BCUT2D eigenvalue weighted by molar-refractivity contribution is 0.300. The van der Waals surface area contributed by atoms with Gasteiger partial charge in [0.15, 0.2) is 0 Å². The van der Waals surface area contributed by atoms with Crippen molar-refractivity contribution >= 4 is 0 Å². The first kappa shape index (κ1) is 8.02. The SMILES string of the molecule is CC(C)[C@@H]1C[C@@H](N)CCN1. The van der Waals surface area contributed by atoms with Crippen molar-refractivity contribution in [1.82, 2.24) is 5.32 Å². The fraction of sp³-hybridized carbons (Fsp3) is 1.00. The monoisotopic (exact) mass is 142 g/mol. The molecule has 0 bridgehead atoms. The second-order valence-electron chi connectivity index (χ2n) is 3.59. The third-order valence-electron chi connectivity index (χ3n) is 2.28. The van der Waals surface area contributed by atoms with Crippen LogP contribution in [0.3, 0.4) is 0 Å². The molecule has 2 nitrogen and oxygen atoms in total. The van der Waals surface area contributed by atoms with E-state index >= 15 is 0 Å². The van der Waals surface area contributed by atoms with Crippen LogP contribution in [0.5, 0.6) is 0 Å². The van der Waals surface area contributed by atoms with Crippen molar-refractivity contribution in [2.24, 2.45) is 11.7 Å². The molecule has 0 aromatic rings. The maximum absolute atomic E-state index is 5.82. The molecule has 1 heterocycles. The predicted octanol–water partition coefficient (Wildman–Crippen LogP) is 0.722. The lowest BCUT2D eigenvalue weighted by Gasteiger charge is -2.30. The summed E-state index contributed by atoms with van der Waals surface area (Å²) in [6.07, 6.45) is 2.29. The van der Waals surface area contributed by atoms with Crippen molar-refractivity contribution < 1.29 is 0 Å². The molecule has 0 aromatic heterocycles. The Hall–Kier alpha value is -0.0800. The number of nitrogens with one attached hydrogen (secondary N) is 1. The maximum atomic E-state index is 5.82. The molecule has 60 valence electrons. The van der Waals surface area contributed by atoms with E-state index in [0.29, 0.717) is 12.1 Å². The van der Waals surface area contributed by atoms with Crippen LogP contribution in [-0.4, -0.2) is 18.6 Å². The molecule has 1 rings (SSSR count). The molecule has 1 aliphatic rings. The Bertz CT molecular complexity index is 101. The first-order valence-electron chi connectivity index (χ1n) is 4.19. The number of rotatable bonds is 1. The molecular formula is C8H18N2. The maximum Gasteiger partial charge on any atom is 0.0105 e. The number of hydrogen-bond donors (Lipinski definition) is 2. The van der Waals surface area contributed by atoms with E-state index in [0.717, 1.165) is 25.3 Å². The summed E-state index contributed by atoms with van der Waals surface area (Å²) in [6.45, 7) is 5.59. The average Bonchev–Trinajstić information content (AvgIpc) is 1.88. The van der Waals surface area contributed by atoms with Gasteiger partial charge >= 0.3 is 0 Å². The van der Waals surface area contributed by atoms with Gasteiger partial charge in [-0.2, -0.15) is 0 Å². The zero-order valence-electron chi connectivity index (χ0n) is 6.93. The van der Waals surface area contributed by atoms with E-state index in [2.05, 4.69) is 19.2 Å². The third kappa shape index (κ3) is 1.96. The summed E-state index contributed by atoms with van der Waals surface area (Å²) >= 11 is 0. The van der Waals surface area contributed by atoms with Gasteiger partial charge in [0.2, 0.25) is 0 Å². The zero-order chi connectivity index (χ0) is 7.56. The standard InChI is InChI=1S/C8H18N2/c1-6(2)8-5-7(9)3-4-10-8/h6-8,10H,3-5,9H2,1-2H3/t7-,8-/m0/s1.